The molecule has 0 spiro atoms. The minimum Gasteiger partial charge on any atom is -0.483 e. The number of nitrogens with two attached hydrogens (primary N) is 1. The van der Waals surface area contributed by atoms with Gasteiger partial charge in [0.1, 0.15) is 17.7 Å². The number of ether oxygens (including phenoxy) is 1. The van der Waals surface area contributed by atoms with E-state index in [0.29, 0.717) is 12.5 Å². The average Bonchev–Trinajstić information content (AvgIpc) is 3.18. The van der Waals surface area contributed by atoms with Crippen LogP contribution in [0.2, 0.25) is 0 Å². The van der Waals surface area contributed by atoms with Crippen molar-refractivity contribution in [3.63, 3.8) is 0 Å². The van der Waals surface area contributed by atoms with Gasteiger partial charge >= 0.3 is 0 Å². The summed E-state index contributed by atoms with van der Waals surface area (Å²) in [6, 6.07) is 19.6. The van der Waals surface area contributed by atoms with Gasteiger partial charge in [-0.05, 0) is 29.8 Å². The fraction of sp³-hybridized carbons (Fsp3) is 0.0952. The van der Waals surface area contributed by atoms with Crippen LogP contribution in [0.4, 0.5) is 5.95 Å². The zero-order valence-corrected chi connectivity index (χ0v) is 15.8. The quantitative estimate of drug-likeness (QED) is 0.325. The second-order valence-corrected chi connectivity index (χ2v) is 7.25. The van der Waals surface area contributed by atoms with Gasteiger partial charge in [-0.3, -0.25) is 5.41 Å². The van der Waals surface area contributed by atoms with E-state index in [9.17, 15) is 0 Å². The highest BCUT2D eigenvalue weighted by Gasteiger charge is 2.17. The third-order valence-corrected chi connectivity index (χ3v) is 5.37. The van der Waals surface area contributed by atoms with Crippen LogP contribution < -0.4 is 15.8 Å². The maximum absolute atomic E-state index is 7.70. The standard InChI is InChI=1S/C21H19N5OS/c22-20(23)19-12-15-16(8-4-9-18(15)28-19)27-17(14-6-2-1-3-7-14)13-26-21-24-10-5-11-25-21/h1-12,17H,13H2,(H3,22,23)(H,24,25,26). The molecule has 2 aromatic carbocycles. The number of thiophene rings is 1. The zero-order valence-electron chi connectivity index (χ0n) is 15.0. The Kier molecular flexibility index (Phi) is 5.16. The maximum Gasteiger partial charge on any atom is 0.222 e. The number of anilines is 1. The van der Waals surface area contributed by atoms with E-state index in [4.69, 9.17) is 15.9 Å². The molecule has 0 saturated heterocycles. The van der Waals surface area contributed by atoms with Gasteiger partial charge in [0.25, 0.3) is 0 Å². The molecule has 1 unspecified atom stereocenters. The van der Waals surface area contributed by atoms with Crippen molar-refractivity contribution in [1.29, 1.82) is 5.41 Å². The average molecular weight is 389 g/mol. The number of benzene rings is 2. The number of nitrogens with one attached hydrogen (secondary N) is 2. The molecule has 0 bridgehead atoms. The molecular formula is C21H19N5OS. The molecule has 1 atom stereocenters. The van der Waals surface area contributed by atoms with Gasteiger partial charge in [0.2, 0.25) is 5.95 Å². The van der Waals surface area contributed by atoms with Gasteiger partial charge in [-0.2, -0.15) is 0 Å². The lowest BCUT2D eigenvalue weighted by atomic mass is 10.1. The zero-order chi connectivity index (χ0) is 19.3. The molecule has 0 saturated carbocycles. The Bertz CT molecular complexity index is 1080. The predicted octanol–water partition coefficient (Wildman–Crippen LogP) is 4.21. The summed E-state index contributed by atoms with van der Waals surface area (Å²) in [5.41, 5.74) is 6.71. The first-order chi connectivity index (χ1) is 13.7. The van der Waals surface area contributed by atoms with E-state index in [1.807, 2.05) is 54.6 Å². The topological polar surface area (TPSA) is 96.9 Å². The Hall–Kier alpha value is -3.45. The molecule has 0 aliphatic rings. The Morgan fingerprint density at radius 3 is 2.61 bits per heavy atom. The van der Waals surface area contributed by atoms with Crippen LogP contribution in [-0.2, 0) is 0 Å². The van der Waals surface area contributed by atoms with Gasteiger partial charge < -0.3 is 15.8 Å². The lowest BCUT2D eigenvalue weighted by Gasteiger charge is -2.20. The summed E-state index contributed by atoms with van der Waals surface area (Å²) in [7, 11) is 0. The fourth-order valence-corrected chi connectivity index (χ4v) is 3.83. The Morgan fingerprint density at radius 2 is 1.86 bits per heavy atom. The van der Waals surface area contributed by atoms with Crippen LogP contribution in [0.1, 0.15) is 16.5 Å². The molecule has 140 valence electrons. The molecule has 6 nitrogen and oxygen atoms in total. The molecule has 4 aromatic rings. The minimum absolute atomic E-state index is 0.0645. The molecule has 4 N–H and O–H groups in total. The van der Waals surface area contributed by atoms with Crippen LogP contribution in [-0.4, -0.2) is 22.3 Å². The predicted molar refractivity (Wildman–Crippen MR) is 113 cm³/mol. The Balaban J connectivity index is 1.64. The highest BCUT2D eigenvalue weighted by atomic mass is 32.1. The monoisotopic (exact) mass is 389 g/mol. The van der Waals surface area contributed by atoms with Crippen molar-refractivity contribution in [2.75, 3.05) is 11.9 Å². The summed E-state index contributed by atoms with van der Waals surface area (Å²) in [5, 5.41) is 11.9. The summed E-state index contributed by atoms with van der Waals surface area (Å²) < 4.78 is 7.44. The summed E-state index contributed by atoms with van der Waals surface area (Å²) in [4.78, 5) is 9.16. The van der Waals surface area contributed by atoms with E-state index in [-0.39, 0.29) is 11.9 Å². The number of nitrogens with zero attached hydrogens (tertiary/aromatic N) is 2. The second-order valence-electron chi connectivity index (χ2n) is 6.16. The van der Waals surface area contributed by atoms with Gasteiger partial charge in [-0.25, -0.2) is 9.97 Å². The van der Waals surface area contributed by atoms with E-state index in [1.54, 1.807) is 18.5 Å². The molecular weight excluding hydrogens is 370 g/mol. The van der Waals surface area contributed by atoms with Crippen LogP contribution in [0.5, 0.6) is 5.75 Å². The third-order valence-electron chi connectivity index (χ3n) is 4.24. The first-order valence-electron chi connectivity index (χ1n) is 8.80. The number of amidine groups is 1. The number of rotatable bonds is 7. The summed E-state index contributed by atoms with van der Waals surface area (Å²) >= 11 is 1.49. The van der Waals surface area contributed by atoms with Crippen LogP contribution >= 0.6 is 11.3 Å². The van der Waals surface area contributed by atoms with Crippen molar-refractivity contribution in [3.8, 4) is 5.75 Å². The first kappa shape index (κ1) is 17.9. The van der Waals surface area contributed by atoms with Gasteiger partial charge in [-0.15, -0.1) is 11.3 Å². The minimum atomic E-state index is -0.240. The highest BCUT2D eigenvalue weighted by Crippen LogP contribution is 2.35. The maximum atomic E-state index is 7.70. The van der Waals surface area contributed by atoms with Gasteiger partial charge in [0, 0.05) is 22.5 Å². The van der Waals surface area contributed by atoms with Crippen LogP contribution in [0.15, 0.2) is 73.1 Å². The van der Waals surface area contributed by atoms with Crippen molar-refractivity contribution in [2.45, 2.75) is 6.10 Å². The van der Waals surface area contributed by atoms with E-state index >= 15 is 0 Å². The SMILES string of the molecule is N=C(N)c1cc2c(OC(CNc3ncccn3)c3ccccc3)cccc2s1. The summed E-state index contributed by atoms with van der Waals surface area (Å²) in [5.74, 6) is 1.38. The van der Waals surface area contributed by atoms with E-state index in [2.05, 4.69) is 15.3 Å². The molecule has 0 fully saturated rings. The largest absolute Gasteiger partial charge is 0.483 e. The first-order valence-corrected chi connectivity index (χ1v) is 9.62. The second kappa shape index (κ2) is 8.06. The summed E-state index contributed by atoms with van der Waals surface area (Å²) in [6.07, 6.45) is 3.16. The van der Waals surface area contributed by atoms with Crippen LogP contribution in [0.3, 0.4) is 0 Å². The van der Waals surface area contributed by atoms with Gasteiger partial charge in [-0.1, -0.05) is 36.4 Å². The Labute approximate surface area is 166 Å². The fourth-order valence-electron chi connectivity index (χ4n) is 2.89. The van der Waals surface area contributed by atoms with Gasteiger partial charge in [0.15, 0.2) is 0 Å². The molecule has 2 heterocycles. The number of hydrogen-bond donors (Lipinski definition) is 3. The molecule has 4 rings (SSSR count). The van der Waals surface area contributed by atoms with Crippen LogP contribution in [0, 0.1) is 5.41 Å². The molecule has 28 heavy (non-hydrogen) atoms. The number of aromatic nitrogens is 2. The molecule has 0 radical (unpaired) electrons. The molecule has 0 amide bonds. The molecule has 0 aliphatic carbocycles. The van der Waals surface area contributed by atoms with Crippen molar-refractivity contribution >= 4 is 33.2 Å². The van der Waals surface area contributed by atoms with E-state index in [1.165, 1.54) is 11.3 Å². The number of hydrogen-bond acceptors (Lipinski definition) is 6. The molecule has 7 heteroatoms. The lowest BCUT2D eigenvalue weighted by molar-refractivity contribution is 0.222. The van der Waals surface area contributed by atoms with Crippen LogP contribution in [0.25, 0.3) is 10.1 Å². The normalized spacial score (nSPS) is 11.9. The third kappa shape index (κ3) is 3.94. The molecule has 0 aliphatic heterocycles. The smallest absolute Gasteiger partial charge is 0.222 e. The van der Waals surface area contributed by atoms with Crippen molar-refractivity contribution in [1.82, 2.24) is 9.97 Å². The highest BCUT2D eigenvalue weighted by molar-refractivity contribution is 7.20. The summed E-state index contributed by atoms with van der Waals surface area (Å²) in [6.45, 7) is 0.508. The van der Waals surface area contributed by atoms with Crippen molar-refractivity contribution in [2.24, 2.45) is 5.73 Å². The molecule has 2 aromatic heterocycles. The van der Waals surface area contributed by atoms with Crippen molar-refractivity contribution in [3.05, 3.63) is 83.5 Å². The number of nitrogen functional groups attached to an aromatic ring is 1. The van der Waals surface area contributed by atoms with Gasteiger partial charge in [0.05, 0.1) is 11.4 Å². The number of fused-ring (bicyclic) bond motifs is 1. The van der Waals surface area contributed by atoms with E-state index in [0.717, 1.165) is 26.3 Å². The van der Waals surface area contributed by atoms with Crippen molar-refractivity contribution < 1.29 is 4.74 Å². The lowest BCUT2D eigenvalue weighted by Crippen LogP contribution is -2.19. The Morgan fingerprint density at radius 1 is 1.07 bits per heavy atom. The van der Waals surface area contributed by atoms with E-state index < -0.39 is 0 Å².